The summed E-state index contributed by atoms with van der Waals surface area (Å²) in [5, 5.41) is 53.6. The molecular weight excluding hydrogens is 458 g/mol. The number of hydrogen-bond acceptors (Lipinski definition) is 10. The van der Waals surface area contributed by atoms with Gasteiger partial charge in [0.1, 0.15) is 11.5 Å². The molecule has 1 heterocycles. The van der Waals surface area contributed by atoms with Crippen LogP contribution in [0.3, 0.4) is 0 Å². The molecule has 1 unspecified atom stereocenters. The van der Waals surface area contributed by atoms with Crippen LogP contribution >= 0.6 is 0 Å². The molecule has 7 N–H and O–H groups in total. The molecule has 1 fully saturated rings. The molecule has 35 heavy (non-hydrogen) atoms. The summed E-state index contributed by atoms with van der Waals surface area (Å²) in [5.41, 5.74) is 3.68. The zero-order valence-corrected chi connectivity index (χ0v) is 19.0. The Kier molecular flexibility index (Phi) is 5.71. The van der Waals surface area contributed by atoms with Gasteiger partial charge in [-0.15, -0.1) is 0 Å². The molecule has 0 radical (unpaired) electrons. The number of phenolic OH excluding ortho intramolecular Hbond substituents is 2. The number of nitrogens with two attached hydrogens (primary N) is 1. The number of phenols is 2. The summed E-state index contributed by atoms with van der Waals surface area (Å²) in [6, 6.07) is 5.48. The summed E-state index contributed by atoms with van der Waals surface area (Å²) in [4.78, 5) is 26.5. The van der Waals surface area contributed by atoms with Crippen molar-refractivity contribution in [3.63, 3.8) is 0 Å². The van der Waals surface area contributed by atoms with Gasteiger partial charge in [-0.25, -0.2) is 0 Å². The summed E-state index contributed by atoms with van der Waals surface area (Å²) >= 11 is 0. The van der Waals surface area contributed by atoms with Crippen molar-refractivity contribution >= 4 is 11.6 Å². The Morgan fingerprint density at radius 2 is 1.71 bits per heavy atom. The number of aliphatic hydroxyl groups excluding tert-OH is 2. The number of carbonyl (C=O) groups excluding carboxylic acids is 2. The van der Waals surface area contributed by atoms with Gasteiger partial charge in [0.15, 0.2) is 17.9 Å². The van der Waals surface area contributed by atoms with Crippen LogP contribution in [0.2, 0.25) is 0 Å². The molecule has 1 aliphatic heterocycles. The molecule has 0 aromatic heterocycles. The van der Waals surface area contributed by atoms with Crippen LogP contribution in [0.25, 0.3) is 0 Å². The Morgan fingerprint density at radius 1 is 1.11 bits per heavy atom. The number of aromatic hydroxyl groups is 2. The fraction of sp³-hybridized carbons (Fsp3) is 0.440. The SMILES string of the molecule is CC1O[C@@H](O[C@H]2C[C@](O)(CO)Cc3c(O)c4c(c(O)c32)C(=O)c2ccccc2C4=O)C[C@@H](O)[C@@H]1N. The van der Waals surface area contributed by atoms with Crippen LogP contribution < -0.4 is 5.73 Å². The number of ketones is 2. The first-order chi connectivity index (χ1) is 16.6. The van der Waals surface area contributed by atoms with Crippen LogP contribution in [0.4, 0.5) is 0 Å². The van der Waals surface area contributed by atoms with Crippen LogP contribution in [-0.2, 0) is 15.9 Å². The van der Waals surface area contributed by atoms with Crippen LogP contribution in [0.5, 0.6) is 11.5 Å². The van der Waals surface area contributed by atoms with E-state index in [2.05, 4.69) is 0 Å². The number of carbonyl (C=O) groups is 2. The van der Waals surface area contributed by atoms with Gasteiger partial charge in [-0.3, -0.25) is 9.59 Å². The minimum Gasteiger partial charge on any atom is -0.507 e. The van der Waals surface area contributed by atoms with Crippen LogP contribution in [-0.4, -0.2) is 73.8 Å². The Bertz CT molecular complexity index is 1220. The lowest BCUT2D eigenvalue weighted by atomic mass is 9.73. The molecule has 10 heteroatoms. The molecule has 0 saturated carbocycles. The Labute approximate surface area is 200 Å². The van der Waals surface area contributed by atoms with Gasteiger partial charge >= 0.3 is 0 Å². The molecule has 0 spiro atoms. The molecule has 3 aliphatic rings. The van der Waals surface area contributed by atoms with E-state index in [0.717, 1.165) is 0 Å². The summed E-state index contributed by atoms with van der Waals surface area (Å²) in [7, 11) is 0. The van der Waals surface area contributed by atoms with Gasteiger partial charge in [0.2, 0.25) is 0 Å². The van der Waals surface area contributed by atoms with Crippen LogP contribution in [0, 0.1) is 0 Å². The lowest BCUT2D eigenvalue weighted by Gasteiger charge is -2.42. The largest absolute Gasteiger partial charge is 0.507 e. The number of aliphatic hydroxyl groups is 3. The van der Waals surface area contributed by atoms with Gasteiger partial charge in [0, 0.05) is 41.5 Å². The minimum absolute atomic E-state index is 0.00399. The summed E-state index contributed by atoms with van der Waals surface area (Å²) in [6.07, 6.45) is -4.06. The predicted molar refractivity (Wildman–Crippen MR) is 120 cm³/mol. The van der Waals surface area contributed by atoms with Gasteiger partial charge in [-0.2, -0.15) is 0 Å². The molecule has 186 valence electrons. The first-order valence-electron chi connectivity index (χ1n) is 11.4. The maximum Gasteiger partial charge on any atom is 0.198 e. The van der Waals surface area contributed by atoms with Gasteiger partial charge < -0.3 is 40.7 Å². The first-order valence-corrected chi connectivity index (χ1v) is 11.4. The third-order valence-electron chi connectivity index (χ3n) is 7.25. The van der Waals surface area contributed by atoms with E-state index in [-0.39, 0.29) is 52.6 Å². The quantitative estimate of drug-likeness (QED) is 0.285. The Balaban J connectivity index is 1.64. The van der Waals surface area contributed by atoms with Crippen molar-refractivity contribution in [1.82, 2.24) is 0 Å². The fourth-order valence-corrected chi connectivity index (χ4v) is 5.32. The van der Waals surface area contributed by atoms with Crippen molar-refractivity contribution in [3.8, 4) is 11.5 Å². The van der Waals surface area contributed by atoms with E-state index in [0.29, 0.717) is 0 Å². The third-order valence-corrected chi connectivity index (χ3v) is 7.25. The number of hydrogen-bond donors (Lipinski definition) is 6. The summed E-state index contributed by atoms with van der Waals surface area (Å²) in [6.45, 7) is 0.985. The number of rotatable bonds is 3. The Morgan fingerprint density at radius 3 is 2.29 bits per heavy atom. The second-order valence-corrected chi connectivity index (χ2v) is 9.58. The minimum atomic E-state index is -1.75. The molecular formula is C25H27NO9. The van der Waals surface area contributed by atoms with E-state index >= 15 is 0 Å². The molecule has 2 aliphatic carbocycles. The molecule has 6 atom stereocenters. The standard InChI is InChI=1S/C25H27NO9/c1-10-20(26)14(28)6-16(34-10)35-15-8-25(33,9-27)7-13-17(15)24(32)19-18(23(13)31)21(29)11-4-2-3-5-12(11)22(19)30/h2-5,10,14-16,20,27-28,31-33H,6-9,26H2,1H3/t10?,14-,15+,16+,20-,25+/m1/s1. The lowest BCUT2D eigenvalue weighted by molar-refractivity contribution is -0.245. The average molecular weight is 485 g/mol. The molecule has 10 nitrogen and oxygen atoms in total. The molecule has 0 bridgehead atoms. The van der Waals surface area contributed by atoms with Crippen LogP contribution in [0.15, 0.2) is 24.3 Å². The summed E-state index contributed by atoms with van der Waals surface area (Å²) in [5.74, 6) is -2.35. The van der Waals surface area contributed by atoms with E-state index in [1.165, 1.54) is 12.1 Å². The van der Waals surface area contributed by atoms with E-state index in [1.807, 2.05) is 0 Å². The van der Waals surface area contributed by atoms with Crippen molar-refractivity contribution in [3.05, 3.63) is 57.6 Å². The maximum atomic E-state index is 13.3. The molecule has 1 saturated heterocycles. The van der Waals surface area contributed by atoms with Gasteiger partial charge in [0.25, 0.3) is 0 Å². The highest BCUT2D eigenvalue weighted by Gasteiger charge is 2.47. The van der Waals surface area contributed by atoms with Crippen molar-refractivity contribution < 1.29 is 44.6 Å². The fourth-order valence-electron chi connectivity index (χ4n) is 5.32. The number of ether oxygens (including phenoxy) is 2. The highest BCUT2D eigenvalue weighted by molar-refractivity contribution is 6.30. The Hall–Kier alpha value is -2.86. The van der Waals surface area contributed by atoms with Crippen molar-refractivity contribution in [1.29, 1.82) is 0 Å². The maximum absolute atomic E-state index is 13.3. The molecule has 5 rings (SSSR count). The average Bonchev–Trinajstić information content (AvgIpc) is 2.83. The number of fused-ring (bicyclic) bond motifs is 3. The first kappa shape index (κ1) is 23.9. The molecule has 2 aromatic carbocycles. The van der Waals surface area contributed by atoms with E-state index in [9.17, 15) is 35.1 Å². The van der Waals surface area contributed by atoms with Gasteiger partial charge in [-0.1, -0.05) is 24.3 Å². The molecule has 2 aromatic rings. The van der Waals surface area contributed by atoms with E-state index in [1.54, 1.807) is 19.1 Å². The normalized spacial score (nSPS) is 32.1. The number of benzene rings is 2. The van der Waals surface area contributed by atoms with E-state index in [4.69, 9.17) is 15.2 Å². The second kappa shape index (κ2) is 8.37. The van der Waals surface area contributed by atoms with Gasteiger partial charge in [-0.05, 0) is 6.92 Å². The zero-order valence-electron chi connectivity index (χ0n) is 19.0. The van der Waals surface area contributed by atoms with Crippen molar-refractivity contribution in [2.45, 2.75) is 62.4 Å². The lowest BCUT2D eigenvalue weighted by Crippen LogP contribution is -2.53. The van der Waals surface area contributed by atoms with Crippen LogP contribution in [0.1, 0.15) is 68.8 Å². The highest BCUT2D eigenvalue weighted by atomic mass is 16.7. The topological polar surface area (TPSA) is 180 Å². The summed E-state index contributed by atoms with van der Waals surface area (Å²) < 4.78 is 11.8. The highest BCUT2D eigenvalue weighted by Crippen LogP contribution is 2.51. The van der Waals surface area contributed by atoms with E-state index < -0.39 is 65.9 Å². The van der Waals surface area contributed by atoms with Gasteiger partial charge in [0.05, 0.1) is 47.7 Å². The van der Waals surface area contributed by atoms with Crippen molar-refractivity contribution in [2.24, 2.45) is 5.73 Å². The predicted octanol–water partition coefficient (Wildman–Crippen LogP) is 0.424. The second-order valence-electron chi connectivity index (χ2n) is 9.58. The monoisotopic (exact) mass is 485 g/mol. The van der Waals surface area contributed by atoms with Crippen molar-refractivity contribution in [2.75, 3.05) is 6.61 Å². The smallest absolute Gasteiger partial charge is 0.198 e. The molecule has 0 amide bonds. The third kappa shape index (κ3) is 3.65. The zero-order chi connectivity index (χ0) is 25.2.